The van der Waals surface area contributed by atoms with Crippen molar-refractivity contribution in [2.75, 3.05) is 0 Å². The summed E-state index contributed by atoms with van der Waals surface area (Å²) in [5.41, 5.74) is 5.79. The number of nitrogens with zero attached hydrogens (tertiary/aromatic N) is 1. The fourth-order valence-corrected chi connectivity index (χ4v) is 9.15. The molecule has 4 aliphatic rings. The van der Waals surface area contributed by atoms with E-state index in [1.54, 1.807) is 16.9 Å². The zero-order chi connectivity index (χ0) is 20.2. The van der Waals surface area contributed by atoms with E-state index in [2.05, 4.69) is 37.2 Å². The van der Waals surface area contributed by atoms with E-state index >= 15 is 0 Å². The average Bonchev–Trinajstić information content (AvgIpc) is 3.34. The highest BCUT2D eigenvalue weighted by atomic mass is 32.1. The lowest BCUT2D eigenvalue weighted by Gasteiger charge is -2.58. The maximum atomic E-state index is 10.2. The van der Waals surface area contributed by atoms with Crippen molar-refractivity contribution in [3.63, 3.8) is 0 Å². The highest BCUT2D eigenvalue weighted by Gasteiger charge is 2.59. The molecule has 0 saturated heterocycles. The van der Waals surface area contributed by atoms with Crippen LogP contribution in [-0.2, 0) is 6.42 Å². The molecule has 0 spiro atoms. The van der Waals surface area contributed by atoms with Crippen LogP contribution >= 0.6 is 11.3 Å². The molecule has 3 fully saturated rings. The quantitative estimate of drug-likeness (QED) is 0.560. The Kier molecular flexibility index (Phi) is 5.22. The first-order valence-electron chi connectivity index (χ1n) is 12.2. The molecule has 1 heterocycles. The summed E-state index contributed by atoms with van der Waals surface area (Å²) in [6.45, 7) is 7.74. The summed E-state index contributed by atoms with van der Waals surface area (Å²) < 4.78 is 0. The van der Waals surface area contributed by atoms with Gasteiger partial charge in [-0.05, 0) is 105 Å². The van der Waals surface area contributed by atoms with Crippen molar-refractivity contribution in [1.29, 1.82) is 0 Å². The lowest BCUT2D eigenvalue weighted by atomic mass is 9.47. The first kappa shape index (κ1) is 20.2. The number of fused-ring (bicyclic) bond motifs is 5. The normalized spacial score (nSPS) is 45.1. The van der Waals surface area contributed by atoms with Gasteiger partial charge < -0.3 is 5.11 Å². The van der Waals surface area contributed by atoms with Gasteiger partial charge in [0.25, 0.3) is 0 Å². The number of allylic oxidation sites excluding steroid dienone is 1. The fourth-order valence-electron chi connectivity index (χ4n) is 8.55. The van der Waals surface area contributed by atoms with E-state index in [0.29, 0.717) is 10.8 Å². The van der Waals surface area contributed by atoms with Crippen LogP contribution in [0, 0.1) is 40.4 Å². The summed E-state index contributed by atoms with van der Waals surface area (Å²) in [6.07, 6.45) is 15.1. The molecule has 1 aromatic heterocycles. The molecular formula is C26H39NOS. The van der Waals surface area contributed by atoms with Crippen LogP contribution in [0.5, 0.6) is 0 Å². The zero-order valence-electron chi connectivity index (χ0n) is 18.6. The van der Waals surface area contributed by atoms with Crippen LogP contribution in [0.15, 0.2) is 22.5 Å². The number of aryl methyl sites for hydroxylation is 1. The van der Waals surface area contributed by atoms with Gasteiger partial charge in [-0.15, -0.1) is 11.3 Å². The predicted molar refractivity (Wildman–Crippen MR) is 121 cm³/mol. The predicted octanol–water partition coefficient (Wildman–Crippen LogP) is 6.65. The summed E-state index contributed by atoms with van der Waals surface area (Å²) in [5, 5.41) is 12.4. The molecule has 3 heteroatoms. The van der Waals surface area contributed by atoms with E-state index < -0.39 is 0 Å². The highest BCUT2D eigenvalue weighted by Crippen LogP contribution is 2.67. The number of aromatic nitrogens is 1. The van der Waals surface area contributed by atoms with Crippen molar-refractivity contribution < 1.29 is 5.11 Å². The first-order chi connectivity index (χ1) is 13.9. The van der Waals surface area contributed by atoms with Crippen molar-refractivity contribution in [2.24, 2.45) is 40.4 Å². The lowest BCUT2D eigenvalue weighted by Crippen LogP contribution is -2.50. The standard InChI is InChI=1S/C26H39NOS/c1-17(4-6-19-15-29-16-27-19)22-8-9-23-21-7-5-18-14-20(28)10-12-25(18,2)24(21)11-13-26(22,23)3/h5,15-17,20-24,28H,4,6-14H2,1-3H3/t17?,20-,21-,22+,23-,24-,25-,26+/m0/s1. The molecule has 1 N–H and O–H groups in total. The third-order valence-electron chi connectivity index (χ3n) is 10.2. The van der Waals surface area contributed by atoms with Gasteiger partial charge in [-0.2, -0.15) is 0 Å². The zero-order valence-corrected chi connectivity index (χ0v) is 19.4. The van der Waals surface area contributed by atoms with Crippen LogP contribution in [-0.4, -0.2) is 16.2 Å². The molecule has 8 atom stereocenters. The lowest BCUT2D eigenvalue weighted by molar-refractivity contribution is -0.0571. The highest BCUT2D eigenvalue weighted by molar-refractivity contribution is 7.07. The number of hydrogen-bond acceptors (Lipinski definition) is 3. The number of aliphatic hydroxyl groups excluding tert-OH is 1. The third-order valence-corrected chi connectivity index (χ3v) is 10.8. The van der Waals surface area contributed by atoms with Crippen LogP contribution in [0.3, 0.4) is 0 Å². The maximum Gasteiger partial charge on any atom is 0.0794 e. The Morgan fingerprint density at radius 2 is 2.03 bits per heavy atom. The molecule has 1 aromatic rings. The molecule has 0 radical (unpaired) electrons. The van der Waals surface area contributed by atoms with Crippen molar-refractivity contribution >= 4 is 11.3 Å². The van der Waals surface area contributed by atoms with Crippen molar-refractivity contribution in [3.05, 3.63) is 28.2 Å². The van der Waals surface area contributed by atoms with Gasteiger partial charge in [-0.1, -0.05) is 32.4 Å². The monoisotopic (exact) mass is 413 g/mol. The molecule has 0 aliphatic heterocycles. The third kappa shape index (κ3) is 3.26. The Morgan fingerprint density at radius 3 is 2.83 bits per heavy atom. The fraction of sp³-hybridized carbons (Fsp3) is 0.808. The minimum absolute atomic E-state index is 0.0887. The molecule has 29 heavy (non-hydrogen) atoms. The molecule has 3 saturated carbocycles. The first-order valence-corrected chi connectivity index (χ1v) is 13.1. The second-order valence-electron chi connectivity index (χ2n) is 11.4. The van der Waals surface area contributed by atoms with Crippen LogP contribution in [0.25, 0.3) is 0 Å². The summed E-state index contributed by atoms with van der Waals surface area (Å²) in [4.78, 5) is 4.51. The van der Waals surface area contributed by atoms with Gasteiger partial charge in [-0.3, -0.25) is 0 Å². The molecule has 1 unspecified atom stereocenters. The second-order valence-corrected chi connectivity index (χ2v) is 12.1. The number of hydrogen-bond donors (Lipinski definition) is 1. The van der Waals surface area contributed by atoms with Gasteiger partial charge in [-0.25, -0.2) is 4.98 Å². The van der Waals surface area contributed by atoms with Gasteiger partial charge in [0.2, 0.25) is 0 Å². The minimum atomic E-state index is -0.0887. The van der Waals surface area contributed by atoms with Crippen LogP contribution in [0.2, 0.25) is 0 Å². The van der Waals surface area contributed by atoms with E-state index in [1.807, 2.05) is 5.51 Å². The van der Waals surface area contributed by atoms with Crippen LogP contribution in [0.4, 0.5) is 0 Å². The van der Waals surface area contributed by atoms with Crippen molar-refractivity contribution in [1.82, 2.24) is 4.98 Å². The smallest absolute Gasteiger partial charge is 0.0794 e. The Balaban J connectivity index is 1.33. The van der Waals surface area contributed by atoms with Gasteiger partial charge >= 0.3 is 0 Å². The van der Waals surface area contributed by atoms with Crippen LogP contribution in [0.1, 0.15) is 84.3 Å². The Morgan fingerprint density at radius 1 is 1.17 bits per heavy atom. The molecule has 2 nitrogen and oxygen atoms in total. The number of rotatable bonds is 4. The van der Waals surface area contributed by atoms with Gasteiger partial charge in [0.15, 0.2) is 0 Å². The topological polar surface area (TPSA) is 33.1 Å². The number of aliphatic hydroxyl groups is 1. The molecular weight excluding hydrogens is 374 g/mol. The van der Waals surface area contributed by atoms with Crippen LogP contribution < -0.4 is 0 Å². The Bertz CT molecular complexity index is 757. The summed E-state index contributed by atoms with van der Waals surface area (Å²) in [6, 6.07) is 0. The van der Waals surface area contributed by atoms with E-state index in [4.69, 9.17) is 0 Å². The molecule has 4 aliphatic carbocycles. The Hall–Kier alpha value is -0.670. The van der Waals surface area contributed by atoms with E-state index in [9.17, 15) is 5.11 Å². The SMILES string of the molecule is CC(CCc1cscn1)[C@H]1CC[C@H]2[C@@H]3CC=C4C[C@@H](O)CC[C@]4(C)[C@H]3CC[C@]12C. The summed E-state index contributed by atoms with van der Waals surface area (Å²) in [5.74, 6) is 4.34. The van der Waals surface area contributed by atoms with Gasteiger partial charge in [0.05, 0.1) is 17.3 Å². The van der Waals surface area contributed by atoms with E-state index in [-0.39, 0.29) is 6.10 Å². The van der Waals surface area contributed by atoms with Crippen molar-refractivity contribution in [3.8, 4) is 0 Å². The summed E-state index contributed by atoms with van der Waals surface area (Å²) in [7, 11) is 0. The molecule has 0 amide bonds. The molecule has 160 valence electrons. The minimum Gasteiger partial charge on any atom is -0.393 e. The summed E-state index contributed by atoms with van der Waals surface area (Å²) >= 11 is 1.73. The molecule has 0 bridgehead atoms. The average molecular weight is 414 g/mol. The van der Waals surface area contributed by atoms with E-state index in [0.717, 1.165) is 48.9 Å². The van der Waals surface area contributed by atoms with Gasteiger partial charge in [0, 0.05) is 5.38 Å². The van der Waals surface area contributed by atoms with Gasteiger partial charge in [0.1, 0.15) is 0 Å². The molecule has 5 rings (SSSR count). The maximum absolute atomic E-state index is 10.2. The van der Waals surface area contributed by atoms with Crippen molar-refractivity contribution in [2.45, 2.75) is 91.1 Å². The van der Waals surface area contributed by atoms with E-state index in [1.165, 1.54) is 50.6 Å². The molecule has 0 aromatic carbocycles. The number of thiazole rings is 1. The largest absolute Gasteiger partial charge is 0.393 e. The Labute approximate surface area is 181 Å². The second kappa shape index (κ2) is 7.48.